The molecule has 0 radical (unpaired) electrons. The van der Waals surface area contributed by atoms with Gasteiger partial charge in [0.1, 0.15) is 17.9 Å². The van der Waals surface area contributed by atoms with E-state index in [1.807, 2.05) is 13.0 Å². The van der Waals surface area contributed by atoms with Crippen molar-refractivity contribution in [3.63, 3.8) is 0 Å². The highest BCUT2D eigenvalue weighted by Gasteiger charge is 2.42. The molecule has 0 aromatic heterocycles. The van der Waals surface area contributed by atoms with Crippen molar-refractivity contribution < 1.29 is 24.0 Å². The highest BCUT2D eigenvalue weighted by atomic mass is 16.6. The number of nitrogens with zero attached hydrogens (tertiary/aromatic N) is 2. The smallest absolute Gasteiger partial charge is 0.331 e. The van der Waals surface area contributed by atoms with E-state index in [9.17, 15) is 24.5 Å². The molecule has 138 valence electrons. The first-order chi connectivity index (χ1) is 12.7. The first-order valence-corrected chi connectivity index (χ1v) is 8.13. The van der Waals surface area contributed by atoms with Crippen LogP contribution in [0.3, 0.4) is 0 Å². The number of rotatable bonds is 4. The van der Waals surface area contributed by atoms with Gasteiger partial charge in [-0.05, 0) is 43.5 Å². The first-order valence-electron chi connectivity index (χ1n) is 8.13. The van der Waals surface area contributed by atoms with Crippen molar-refractivity contribution >= 4 is 23.5 Å². The minimum atomic E-state index is -0.878. The molecule has 1 aliphatic rings. The van der Waals surface area contributed by atoms with Crippen LogP contribution in [0.15, 0.2) is 30.3 Å². The predicted molar refractivity (Wildman–Crippen MR) is 94.8 cm³/mol. The molecule has 0 saturated heterocycles. The van der Waals surface area contributed by atoms with Crippen molar-refractivity contribution in [2.75, 3.05) is 6.54 Å². The minimum Gasteiger partial charge on any atom is -0.425 e. The third-order valence-corrected chi connectivity index (χ3v) is 4.55. The SMILES string of the molecule is Cc1ccc(C)c(OC(=O)CN2C(=O)c3cccc([N+](=O)[O-])c3C2=O)c1C. The number of fused-ring (bicyclic) bond motifs is 1. The number of nitro benzene ring substituents is 1. The highest BCUT2D eigenvalue weighted by molar-refractivity contribution is 6.24. The molecule has 0 bridgehead atoms. The van der Waals surface area contributed by atoms with E-state index in [0.29, 0.717) is 10.6 Å². The topological polar surface area (TPSA) is 107 Å². The fourth-order valence-electron chi connectivity index (χ4n) is 2.97. The Hall–Kier alpha value is -3.55. The lowest BCUT2D eigenvalue weighted by Crippen LogP contribution is -2.36. The maximum Gasteiger partial charge on any atom is 0.331 e. The van der Waals surface area contributed by atoms with Gasteiger partial charge in [-0.3, -0.25) is 24.6 Å². The molecule has 27 heavy (non-hydrogen) atoms. The van der Waals surface area contributed by atoms with Gasteiger partial charge in [-0.15, -0.1) is 0 Å². The number of benzene rings is 2. The van der Waals surface area contributed by atoms with E-state index in [0.717, 1.165) is 22.8 Å². The summed E-state index contributed by atoms with van der Waals surface area (Å²) >= 11 is 0. The van der Waals surface area contributed by atoms with Crippen molar-refractivity contribution in [3.05, 3.63) is 68.3 Å². The van der Waals surface area contributed by atoms with Gasteiger partial charge in [0.05, 0.1) is 10.5 Å². The van der Waals surface area contributed by atoms with Crippen LogP contribution in [0.2, 0.25) is 0 Å². The van der Waals surface area contributed by atoms with E-state index in [4.69, 9.17) is 4.74 Å². The Kier molecular flexibility index (Phi) is 4.49. The molecular formula is C19H16N2O6. The van der Waals surface area contributed by atoms with Crippen LogP contribution in [0.1, 0.15) is 37.4 Å². The Bertz CT molecular complexity index is 1010. The molecule has 0 atom stereocenters. The van der Waals surface area contributed by atoms with E-state index in [1.54, 1.807) is 19.9 Å². The summed E-state index contributed by atoms with van der Waals surface area (Å²) in [5, 5.41) is 11.1. The normalized spacial score (nSPS) is 12.9. The number of imide groups is 1. The highest BCUT2D eigenvalue weighted by Crippen LogP contribution is 2.31. The average Bonchev–Trinajstić information content (AvgIpc) is 2.87. The number of esters is 1. The number of amides is 2. The van der Waals surface area contributed by atoms with Crippen molar-refractivity contribution in [1.29, 1.82) is 0 Å². The maximum absolute atomic E-state index is 12.5. The molecule has 0 fully saturated rings. The number of hydrogen-bond donors (Lipinski definition) is 0. The molecule has 1 aliphatic heterocycles. The van der Waals surface area contributed by atoms with Crippen LogP contribution in [-0.2, 0) is 4.79 Å². The molecule has 2 aromatic carbocycles. The molecular weight excluding hydrogens is 352 g/mol. The van der Waals surface area contributed by atoms with Gasteiger partial charge in [0, 0.05) is 6.07 Å². The molecule has 8 nitrogen and oxygen atoms in total. The summed E-state index contributed by atoms with van der Waals surface area (Å²) in [5.41, 5.74) is 1.59. The zero-order valence-electron chi connectivity index (χ0n) is 14.9. The monoisotopic (exact) mass is 368 g/mol. The number of hydrogen-bond acceptors (Lipinski definition) is 6. The number of ether oxygens (including phenoxy) is 1. The molecule has 3 rings (SSSR count). The standard InChI is InChI=1S/C19H16N2O6/c1-10-7-8-11(2)17(12(10)3)27-15(22)9-20-18(23)13-5-4-6-14(21(25)26)16(13)19(20)24/h4-8H,9H2,1-3H3. The number of aryl methyl sites for hydroxylation is 2. The summed E-state index contributed by atoms with van der Waals surface area (Å²) < 4.78 is 5.37. The lowest BCUT2D eigenvalue weighted by molar-refractivity contribution is -0.385. The fourth-order valence-corrected chi connectivity index (χ4v) is 2.97. The van der Waals surface area contributed by atoms with Crippen molar-refractivity contribution in [2.24, 2.45) is 0 Å². The summed E-state index contributed by atoms with van der Waals surface area (Å²) in [6, 6.07) is 7.49. The summed E-state index contributed by atoms with van der Waals surface area (Å²) in [6.07, 6.45) is 0. The molecule has 0 spiro atoms. The Balaban J connectivity index is 1.85. The van der Waals surface area contributed by atoms with Crippen LogP contribution in [0.25, 0.3) is 0 Å². The summed E-state index contributed by atoms with van der Waals surface area (Å²) in [6.45, 7) is 4.82. The largest absolute Gasteiger partial charge is 0.425 e. The Morgan fingerprint density at radius 3 is 2.41 bits per heavy atom. The van der Waals surface area contributed by atoms with Gasteiger partial charge in [0.25, 0.3) is 17.5 Å². The Labute approximate surface area is 154 Å². The fraction of sp³-hybridized carbons (Fsp3) is 0.211. The van der Waals surface area contributed by atoms with Gasteiger partial charge in [0.15, 0.2) is 0 Å². The van der Waals surface area contributed by atoms with E-state index < -0.39 is 34.9 Å². The Morgan fingerprint density at radius 2 is 1.74 bits per heavy atom. The van der Waals surface area contributed by atoms with Crippen molar-refractivity contribution in [1.82, 2.24) is 4.90 Å². The van der Waals surface area contributed by atoms with E-state index >= 15 is 0 Å². The zero-order chi connectivity index (χ0) is 19.9. The van der Waals surface area contributed by atoms with Crippen LogP contribution in [0, 0.1) is 30.9 Å². The first kappa shape index (κ1) is 18.2. The predicted octanol–water partition coefficient (Wildman–Crippen LogP) is 2.72. The van der Waals surface area contributed by atoms with Crippen molar-refractivity contribution in [2.45, 2.75) is 20.8 Å². The third kappa shape index (κ3) is 3.05. The molecule has 1 heterocycles. The summed E-state index contributed by atoms with van der Waals surface area (Å²) in [7, 11) is 0. The molecule has 0 aliphatic carbocycles. The molecule has 0 unspecified atom stereocenters. The van der Waals surface area contributed by atoms with Crippen LogP contribution in [0.5, 0.6) is 5.75 Å². The number of carbonyl (C=O) groups is 3. The van der Waals surface area contributed by atoms with Crippen LogP contribution in [0.4, 0.5) is 5.69 Å². The number of carbonyl (C=O) groups excluding carboxylic acids is 3. The second-order valence-electron chi connectivity index (χ2n) is 6.28. The van der Waals surface area contributed by atoms with E-state index in [-0.39, 0.29) is 11.1 Å². The van der Waals surface area contributed by atoms with Crippen LogP contribution >= 0.6 is 0 Å². The van der Waals surface area contributed by atoms with Crippen LogP contribution in [-0.4, -0.2) is 34.2 Å². The van der Waals surface area contributed by atoms with Crippen molar-refractivity contribution in [3.8, 4) is 5.75 Å². The lowest BCUT2D eigenvalue weighted by Gasteiger charge is -2.15. The molecule has 2 aromatic rings. The lowest BCUT2D eigenvalue weighted by atomic mass is 10.1. The molecule has 2 amide bonds. The van der Waals surface area contributed by atoms with Gasteiger partial charge in [0.2, 0.25) is 0 Å². The minimum absolute atomic E-state index is 0.0927. The molecule has 8 heteroatoms. The Morgan fingerprint density at radius 1 is 1.07 bits per heavy atom. The van der Waals surface area contributed by atoms with Gasteiger partial charge >= 0.3 is 5.97 Å². The summed E-state index contributed by atoms with van der Waals surface area (Å²) in [5.74, 6) is -2.06. The maximum atomic E-state index is 12.5. The van der Waals surface area contributed by atoms with Gasteiger partial charge in [-0.25, -0.2) is 4.79 Å². The van der Waals surface area contributed by atoms with Gasteiger partial charge in [-0.1, -0.05) is 18.2 Å². The zero-order valence-corrected chi connectivity index (χ0v) is 14.9. The average molecular weight is 368 g/mol. The number of nitro groups is 1. The van der Waals surface area contributed by atoms with Gasteiger partial charge < -0.3 is 4.74 Å². The van der Waals surface area contributed by atoms with Crippen LogP contribution < -0.4 is 4.74 Å². The quantitative estimate of drug-likeness (QED) is 0.270. The van der Waals surface area contributed by atoms with Gasteiger partial charge in [-0.2, -0.15) is 0 Å². The van der Waals surface area contributed by atoms with E-state index in [1.165, 1.54) is 12.1 Å². The molecule has 0 N–H and O–H groups in total. The second-order valence-corrected chi connectivity index (χ2v) is 6.28. The van der Waals surface area contributed by atoms with E-state index in [2.05, 4.69) is 0 Å². The third-order valence-electron chi connectivity index (χ3n) is 4.55. The second kappa shape index (κ2) is 6.64. The molecule has 0 saturated carbocycles. The summed E-state index contributed by atoms with van der Waals surface area (Å²) in [4.78, 5) is 48.3.